The van der Waals surface area contributed by atoms with Gasteiger partial charge in [-0.3, -0.25) is 14.9 Å². The number of aromatic hydroxyl groups is 1. The Hall–Kier alpha value is -2.25. The topological polar surface area (TPSA) is 110 Å². The summed E-state index contributed by atoms with van der Waals surface area (Å²) >= 11 is 0. The first-order chi connectivity index (χ1) is 10.5. The molecule has 0 aliphatic carbocycles. The summed E-state index contributed by atoms with van der Waals surface area (Å²) in [4.78, 5) is 21.8. The quantitative estimate of drug-likeness (QED) is 0.181. The van der Waals surface area contributed by atoms with Crippen molar-refractivity contribution in [3.8, 4) is 5.75 Å². The van der Waals surface area contributed by atoms with E-state index in [0.29, 0.717) is 6.61 Å². The maximum atomic E-state index is 11.9. The number of unbranched alkanes of at least 4 members (excludes halogenated alkanes) is 1. The number of Topliss-reactive ketones (excluding diaryl/α,β-unsaturated/α-hetero) is 1. The second-order valence-corrected chi connectivity index (χ2v) is 4.63. The van der Waals surface area contributed by atoms with E-state index in [2.05, 4.69) is 0 Å². The number of hydrogen-bond acceptors (Lipinski definition) is 6. The first kappa shape index (κ1) is 17.8. The van der Waals surface area contributed by atoms with Crippen LogP contribution in [-0.2, 0) is 4.74 Å². The zero-order valence-corrected chi connectivity index (χ0v) is 12.3. The minimum atomic E-state index is -1.08. The minimum Gasteiger partial charge on any atom is -0.502 e. The number of aliphatic hydroxyl groups is 1. The average molecular weight is 309 g/mol. The van der Waals surface area contributed by atoms with Crippen molar-refractivity contribution < 1.29 is 24.7 Å². The first-order valence-electron chi connectivity index (χ1n) is 6.92. The van der Waals surface area contributed by atoms with E-state index in [-0.39, 0.29) is 17.8 Å². The molecular formula is C15H19NO6. The number of nitro groups is 1. The molecule has 0 spiro atoms. The molecule has 0 aliphatic rings. The summed E-state index contributed by atoms with van der Waals surface area (Å²) in [5, 5.41) is 29.5. The molecule has 1 atom stereocenters. The van der Waals surface area contributed by atoms with Gasteiger partial charge in [0.05, 0.1) is 11.5 Å². The largest absolute Gasteiger partial charge is 0.502 e. The number of ketones is 1. The number of ether oxygens (including phenoxy) is 1. The Labute approximate surface area is 128 Å². The number of benzene rings is 1. The monoisotopic (exact) mass is 309 g/mol. The van der Waals surface area contributed by atoms with Crippen LogP contribution in [0.25, 0.3) is 0 Å². The minimum absolute atomic E-state index is 0.0316. The van der Waals surface area contributed by atoms with Gasteiger partial charge >= 0.3 is 5.69 Å². The molecular weight excluding hydrogens is 290 g/mol. The highest BCUT2D eigenvalue weighted by Gasteiger charge is 2.16. The third kappa shape index (κ3) is 5.63. The lowest BCUT2D eigenvalue weighted by Gasteiger charge is -2.06. The lowest BCUT2D eigenvalue weighted by molar-refractivity contribution is -0.385. The number of allylic oxidation sites excluding steroid dienone is 1. The maximum absolute atomic E-state index is 11.9. The van der Waals surface area contributed by atoms with Crippen LogP contribution in [0.4, 0.5) is 5.69 Å². The molecule has 0 saturated heterocycles. The number of phenols is 1. The second kappa shape index (κ2) is 8.91. The van der Waals surface area contributed by atoms with E-state index in [1.54, 1.807) is 0 Å². The van der Waals surface area contributed by atoms with Crippen molar-refractivity contribution in [2.24, 2.45) is 0 Å². The van der Waals surface area contributed by atoms with Gasteiger partial charge in [-0.15, -0.1) is 0 Å². The lowest BCUT2D eigenvalue weighted by atomic mass is 10.1. The fourth-order valence-electron chi connectivity index (χ4n) is 1.66. The van der Waals surface area contributed by atoms with Crippen LogP contribution in [-0.4, -0.2) is 33.8 Å². The van der Waals surface area contributed by atoms with Gasteiger partial charge in [0.25, 0.3) is 0 Å². The number of carbonyl (C=O) groups excluding carboxylic acids is 1. The Bertz CT molecular complexity index is 555. The number of nitrogens with zero attached hydrogens (tertiary/aromatic N) is 1. The SMILES string of the molecule is CCCCOC(O)C=CCC(=O)c1ccc(O)c([N+](=O)[O-])c1. The summed E-state index contributed by atoms with van der Waals surface area (Å²) in [5.74, 6) is -0.850. The normalized spacial score (nSPS) is 12.5. The van der Waals surface area contributed by atoms with Gasteiger partial charge in [-0.05, 0) is 24.6 Å². The highest BCUT2D eigenvalue weighted by atomic mass is 16.6. The van der Waals surface area contributed by atoms with Crippen LogP contribution in [0.15, 0.2) is 30.4 Å². The molecule has 120 valence electrons. The van der Waals surface area contributed by atoms with Gasteiger partial charge in [-0.1, -0.05) is 19.4 Å². The molecule has 0 radical (unpaired) electrons. The molecule has 7 nitrogen and oxygen atoms in total. The molecule has 2 N–H and O–H groups in total. The van der Waals surface area contributed by atoms with Crippen molar-refractivity contribution in [1.29, 1.82) is 0 Å². The molecule has 0 aromatic heterocycles. The summed E-state index contributed by atoms with van der Waals surface area (Å²) in [7, 11) is 0. The van der Waals surface area contributed by atoms with E-state index >= 15 is 0 Å². The van der Waals surface area contributed by atoms with Crippen molar-refractivity contribution >= 4 is 11.5 Å². The highest BCUT2D eigenvalue weighted by molar-refractivity contribution is 5.97. The molecule has 7 heteroatoms. The molecule has 0 fully saturated rings. The zero-order valence-electron chi connectivity index (χ0n) is 12.3. The molecule has 0 bridgehead atoms. The standard InChI is InChI=1S/C15H19NO6/c1-2-3-9-22-15(19)6-4-5-13(17)11-7-8-14(18)12(10-11)16(20)21/h4,6-8,10,15,18-19H,2-3,5,9H2,1H3. The molecule has 1 rings (SSSR count). The Morgan fingerprint density at radius 2 is 2.23 bits per heavy atom. The van der Waals surface area contributed by atoms with Crippen molar-refractivity contribution in [3.63, 3.8) is 0 Å². The Morgan fingerprint density at radius 3 is 2.86 bits per heavy atom. The molecule has 22 heavy (non-hydrogen) atoms. The van der Waals surface area contributed by atoms with Gasteiger partial charge in [0.15, 0.2) is 17.8 Å². The summed E-state index contributed by atoms with van der Waals surface area (Å²) < 4.78 is 5.07. The Kier molecular flexibility index (Phi) is 7.21. The zero-order chi connectivity index (χ0) is 16.5. The predicted octanol–water partition coefficient (Wildman–Crippen LogP) is 2.56. The molecule has 0 saturated carbocycles. The van der Waals surface area contributed by atoms with E-state index < -0.39 is 22.7 Å². The van der Waals surface area contributed by atoms with Crippen molar-refractivity contribution in [2.45, 2.75) is 32.5 Å². The fraction of sp³-hybridized carbons (Fsp3) is 0.400. The molecule has 1 aromatic carbocycles. The lowest BCUT2D eigenvalue weighted by Crippen LogP contribution is -2.09. The predicted molar refractivity (Wildman–Crippen MR) is 79.7 cm³/mol. The van der Waals surface area contributed by atoms with E-state index in [4.69, 9.17) is 4.74 Å². The molecule has 1 aromatic rings. The first-order valence-corrected chi connectivity index (χ1v) is 6.92. The van der Waals surface area contributed by atoms with Crippen molar-refractivity contribution in [1.82, 2.24) is 0 Å². The number of nitro benzene ring substituents is 1. The molecule has 1 unspecified atom stereocenters. The van der Waals surface area contributed by atoms with Gasteiger partial charge in [-0.25, -0.2) is 0 Å². The number of hydrogen-bond donors (Lipinski definition) is 2. The molecule has 0 amide bonds. The van der Waals surface area contributed by atoms with Gasteiger partial charge in [0, 0.05) is 18.1 Å². The van der Waals surface area contributed by atoms with E-state index in [0.717, 1.165) is 25.0 Å². The van der Waals surface area contributed by atoms with E-state index in [9.17, 15) is 25.1 Å². The Balaban J connectivity index is 2.59. The van der Waals surface area contributed by atoms with Crippen LogP contribution in [0, 0.1) is 10.1 Å². The van der Waals surface area contributed by atoms with Gasteiger partial charge in [0.2, 0.25) is 0 Å². The van der Waals surface area contributed by atoms with Crippen LogP contribution in [0.3, 0.4) is 0 Å². The van der Waals surface area contributed by atoms with E-state index in [1.165, 1.54) is 18.2 Å². The third-order valence-electron chi connectivity index (χ3n) is 2.88. The summed E-state index contributed by atoms with van der Waals surface area (Å²) in [6.07, 6.45) is 3.47. The van der Waals surface area contributed by atoms with Crippen LogP contribution >= 0.6 is 0 Å². The van der Waals surface area contributed by atoms with Crippen LogP contribution < -0.4 is 0 Å². The molecule has 0 heterocycles. The Morgan fingerprint density at radius 1 is 1.50 bits per heavy atom. The van der Waals surface area contributed by atoms with Crippen molar-refractivity contribution in [3.05, 3.63) is 46.0 Å². The van der Waals surface area contributed by atoms with E-state index in [1.807, 2.05) is 6.92 Å². The fourth-order valence-corrected chi connectivity index (χ4v) is 1.66. The van der Waals surface area contributed by atoms with Gasteiger partial charge in [-0.2, -0.15) is 0 Å². The van der Waals surface area contributed by atoms with Crippen molar-refractivity contribution in [2.75, 3.05) is 6.61 Å². The number of carbonyl (C=O) groups is 1. The average Bonchev–Trinajstić information content (AvgIpc) is 2.47. The summed E-state index contributed by atoms with van der Waals surface area (Å²) in [6, 6.07) is 3.45. The van der Waals surface area contributed by atoms with Gasteiger partial charge < -0.3 is 14.9 Å². The molecule has 0 aliphatic heterocycles. The number of rotatable bonds is 9. The van der Waals surface area contributed by atoms with Gasteiger partial charge in [0.1, 0.15) is 0 Å². The summed E-state index contributed by atoms with van der Waals surface area (Å²) in [5.41, 5.74) is -0.395. The number of aliphatic hydroxyl groups excluding tert-OH is 1. The second-order valence-electron chi connectivity index (χ2n) is 4.63. The van der Waals surface area contributed by atoms with Crippen LogP contribution in [0.2, 0.25) is 0 Å². The number of phenolic OH excluding ortho intramolecular Hbond substituents is 1. The smallest absolute Gasteiger partial charge is 0.311 e. The third-order valence-corrected chi connectivity index (χ3v) is 2.88. The maximum Gasteiger partial charge on any atom is 0.311 e. The van der Waals surface area contributed by atoms with Crippen LogP contribution in [0.5, 0.6) is 5.75 Å². The highest BCUT2D eigenvalue weighted by Crippen LogP contribution is 2.26. The van der Waals surface area contributed by atoms with Crippen LogP contribution in [0.1, 0.15) is 36.5 Å². The summed E-state index contributed by atoms with van der Waals surface area (Å²) in [6.45, 7) is 2.43.